The van der Waals surface area contributed by atoms with Gasteiger partial charge in [-0.2, -0.15) is 0 Å². The lowest BCUT2D eigenvalue weighted by Gasteiger charge is -2.26. The highest BCUT2D eigenvalue weighted by atomic mass is 35.5. The van der Waals surface area contributed by atoms with Gasteiger partial charge in [0, 0.05) is 23.6 Å². The summed E-state index contributed by atoms with van der Waals surface area (Å²) in [5.41, 5.74) is 2.63. The minimum absolute atomic E-state index is 0.174. The van der Waals surface area contributed by atoms with Gasteiger partial charge in [-0.15, -0.1) is 23.2 Å². The zero-order chi connectivity index (χ0) is 10.4. The first kappa shape index (κ1) is 9.95. The predicted molar refractivity (Wildman–Crippen MR) is 61.4 cm³/mol. The molecule has 2 aliphatic rings. The topological polar surface area (TPSA) is 9.23 Å². The Labute approximate surface area is 99.3 Å². The molecule has 80 valence electrons. The molecule has 15 heavy (non-hydrogen) atoms. The van der Waals surface area contributed by atoms with Crippen molar-refractivity contribution in [1.29, 1.82) is 0 Å². The van der Waals surface area contributed by atoms with Gasteiger partial charge >= 0.3 is 0 Å². The molecule has 0 saturated carbocycles. The van der Waals surface area contributed by atoms with E-state index in [-0.39, 0.29) is 12.2 Å². The van der Waals surface area contributed by atoms with E-state index in [9.17, 15) is 0 Å². The van der Waals surface area contributed by atoms with Gasteiger partial charge in [-0.3, -0.25) is 0 Å². The van der Waals surface area contributed by atoms with Crippen molar-refractivity contribution in [1.82, 2.24) is 0 Å². The van der Waals surface area contributed by atoms with Gasteiger partial charge in [0.2, 0.25) is 0 Å². The van der Waals surface area contributed by atoms with Crippen molar-refractivity contribution in [2.75, 3.05) is 11.8 Å². The second-order valence-corrected chi connectivity index (χ2v) is 4.86. The summed E-state index contributed by atoms with van der Waals surface area (Å²) in [4.78, 5) is 0. The SMILES string of the molecule is ClC[C@@H]1[C@H](CCl)[C@@H]2O[C@H]1c1ccccc12. The van der Waals surface area contributed by atoms with E-state index < -0.39 is 0 Å². The molecule has 0 aliphatic carbocycles. The molecule has 0 amide bonds. The first-order chi connectivity index (χ1) is 7.36. The number of fused-ring (bicyclic) bond motifs is 5. The molecule has 2 bridgehead atoms. The second-order valence-electron chi connectivity index (χ2n) is 4.24. The van der Waals surface area contributed by atoms with Crippen LogP contribution in [-0.2, 0) is 4.74 Å². The minimum Gasteiger partial charge on any atom is -0.365 e. The Bertz CT molecular complexity index is 345. The van der Waals surface area contributed by atoms with Crippen molar-refractivity contribution >= 4 is 23.2 Å². The number of rotatable bonds is 2. The normalized spacial score (nSPS) is 36.9. The molecular weight excluding hydrogens is 231 g/mol. The summed E-state index contributed by atoms with van der Waals surface area (Å²) in [6.07, 6.45) is 0.347. The Morgan fingerprint density at radius 3 is 1.80 bits per heavy atom. The highest BCUT2D eigenvalue weighted by molar-refractivity contribution is 6.19. The maximum atomic E-state index is 6.00. The van der Waals surface area contributed by atoms with Crippen LogP contribution in [0, 0.1) is 11.8 Å². The van der Waals surface area contributed by atoms with Crippen LogP contribution in [0.3, 0.4) is 0 Å². The summed E-state index contributed by atoms with van der Waals surface area (Å²) < 4.78 is 5.98. The molecule has 1 saturated heterocycles. The van der Waals surface area contributed by atoms with E-state index in [2.05, 4.69) is 24.3 Å². The van der Waals surface area contributed by atoms with E-state index in [0.717, 1.165) is 0 Å². The lowest BCUT2D eigenvalue weighted by atomic mass is 9.78. The van der Waals surface area contributed by atoms with Crippen molar-refractivity contribution in [2.45, 2.75) is 12.2 Å². The van der Waals surface area contributed by atoms with Crippen LogP contribution in [0.15, 0.2) is 24.3 Å². The Morgan fingerprint density at radius 1 is 0.933 bits per heavy atom. The fourth-order valence-corrected chi connectivity index (χ4v) is 3.62. The van der Waals surface area contributed by atoms with Crippen LogP contribution in [0.5, 0.6) is 0 Å². The number of hydrogen-bond acceptors (Lipinski definition) is 1. The van der Waals surface area contributed by atoms with Gasteiger partial charge in [0.1, 0.15) is 0 Å². The third-order valence-electron chi connectivity index (χ3n) is 3.59. The van der Waals surface area contributed by atoms with Crippen LogP contribution in [0.4, 0.5) is 0 Å². The molecule has 1 aromatic rings. The third kappa shape index (κ3) is 1.27. The van der Waals surface area contributed by atoms with Crippen molar-refractivity contribution in [3.63, 3.8) is 0 Å². The van der Waals surface area contributed by atoms with Gasteiger partial charge in [0.25, 0.3) is 0 Å². The minimum atomic E-state index is 0.174. The standard InChI is InChI=1S/C12H12Cl2O/c13-5-9-10(6-14)12-8-4-2-1-3-7(8)11(9)15-12/h1-4,9-12H,5-6H2/t9-,10+,11+,12-. The fraction of sp³-hybridized carbons (Fsp3) is 0.500. The second kappa shape index (κ2) is 3.65. The molecule has 0 aromatic heterocycles. The molecule has 1 aromatic carbocycles. The third-order valence-corrected chi connectivity index (χ3v) is 4.30. The van der Waals surface area contributed by atoms with Gasteiger partial charge in [-0.25, -0.2) is 0 Å². The number of hydrogen-bond donors (Lipinski definition) is 0. The number of alkyl halides is 2. The zero-order valence-electron chi connectivity index (χ0n) is 8.20. The Hall–Kier alpha value is -0.240. The fourth-order valence-electron chi connectivity index (χ4n) is 2.84. The summed E-state index contributed by atoms with van der Waals surface area (Å²) in [6, 6.07) is 8.40. The van der Waals surface area contributed by atoms with Gasteiger partial charge < -0.3 is 4.74 Å². The average Bonchev–Trinajstić information content (AvgIpc) is 2.84. The summed E-state index contributed by atoms with van der Waals surface area (Å²) in [6.45, 7) is 0. The summed E-state index contributed by atoms with van der Waals surface area (Å²) >= 11 is 12.0. The van der Waals surface area contributed by atoms with E-state index in [1.165, 1.54) is 11.1 Å². The average molecular weight is 243 g/mol. The zero-order valence-corrected chi connectivity index (χ0v) is 9.71. The van der Waals surface area contributed by atoms with E-state index in [1.54, 1.807) is 0 Å². The van der Waals surface area contributed by atoms with Crippen LogP contribution in [0.25, 0.3) is 0 Å². The first-order valence-electron chi connectivity index (χ1n) is 5.23. The van der Waals surface area contributed by atoms with Gasteiger partial charge in [-0.05, 0) is 11.1 Å². The molecule has 2 heterocycles. The molecule has 4 atom stereocenters. The Morgan fingerprint density at radius 2 is 1.40 bits per heavy atom. The summed E-state index contributed by atoms with van der Waals surface area (Å²) in [5.74, 6) is 2.02. The van der Waals surface area contributed by atoms with Gasteiger partial charge in [0.05, 0.1) is 12.2 Å². The summed E-state index contributed by atoms with van der Waals surface area (Å²) in [7, 11) is 0. The molecule has 2 aliphatic heterocycles. The van der Waals surface area contributed by atoms with Crippen LogP contribution in [0.1, 0.15) is 23.3 Å². The van der Waals surface area contributed by atoms with Crippen LogP contribution in [-0.4, -0.2) is 11.8 Å². The number of benzene rings is 1. The number of halogens is 2. The molecule has 3 heteroatoms. The smallest absolute Gasteiger partial charge is 0.0880 e. The van der Waals surface area contributed by atoms with Crippen molar-refractivity contribution < 1.29 is 4.74 Å². The number of ether oxygens (including phenoxy) is 1. The highest BCUT2D eigenvalue weighted by Gasteiger charge is 2.51. The Kier molecular flexibility index (Phi) is 2.42. The van der Waals surface area contributed by atoms with Crippen LogP contribution < -0.4 is 0 Å². The van der Waals surface area contributed by atoms with Crippen LogP contribution in [0.2, 0.25) is 0 Å². The lowest BCUT2D eigenvalue weighted by Crippen LogP contribution is -2.24. The highest BCUT2D eigenvalue weighted by Crippen LogP contribution is 2.57. The molecule has 0 N–H and O–H groups in total. The molecule has 0 radical (unpaired) electrons. The largest absolute Gasteiger partial charge is 0.365 e. The van der Waals surface area contributed by atoms with Crippen molar-refractivity contribution in [3.8, 4) is 0 Å². The van der Waals surface area contributed by atoms with E-state index in [0.29, 0.717) is 23.6 Å². The molecule has 0 unspecified atom stereocenters. The van der Waals surface area contributed by atoms with E-state index in [1.807, 2.05) is 0 Å². The van der Waals surface area contributed by atoms with Crippen molar-refractivity contribution in [3.05, 3.63) is 35.4 Å². The molecule has 1 nitrogen and oxygen atoms in total. The molecule has 3 rings (SSSR count). The van der Waals surface area contributed by atoms with Gasteiger partial charge in [-0.1, -0.05) is 24.3 Å². The predicted octanol–water partition coefficient (Wildman–Crippen LogP) is 3.52. The molecule has 0 spiro atoms. The quantitative estimate of drug-likeness (QED) is 0.722. The van der Waals surface area contributed by atoms with E-state index in [4.69, 9.17) is 27.9 Å². The lowest BCUT2D eigenvalue weighted by molar-refractivity contribution is 0.0568. The summed E-state index contributed by atoms with van der Waals surface area (Å²) in [5, 5.41) is 0. The van der Waals surface area contributed by atoms with Crippen molar-refractivity contribution in [2.24, 2.45) is 11.8 Å². The maximum absolute atomic E-state index is 6.00. The first-order valence-corrected chi connectivity index (χ1v) is 6.30. The monoisotopic (exact) mass is 242 g/mol. The molecular formula is C12H12Cl2O. The van der Waals surface area contributed by atoms with Gasteiger partial charge in [0.15, 0.2) is 0 Å². The Balaban J connectivity index is 2.05. The van der Waals surface area contributed by atoms with Crippen LogP contribution >= 0.6 is 23.2 Å². The maximum Gasteiger partial charge on any atom is 0.0880 e. The van der Waals surface area contributed by atoms with E-state index >= 15 is 0 Å². The molecule has 1 fully saturated rings.